The van der Waals surface area contributed by atoms with E-state index in [1.54, 1.807) is 24.3 Å². The first kappa shape index (κ1) is 14.1. The molecule has 0 aliphatic carbocycles. The summed E-state index contributed by atoms with van der Waals surface area (Å²) in [6.45, 7) is 0. The summed E-state index contributed by atoms with van der Waals surface area (Å²) in [6.07, 6.45) is -4.55. The third-order valence-corrected chi connectivity index (χ3v) is 2.71. The third-order valence-electron chi connectivity index (χ3n) is 2.71. The van der Waals surface area contributed by atoms with Crippen molar-refractivity contribution < 1.29 is 13.2 Å². The Labute approximate surface area is 114 Å². The van der Waals surface area contributed by atoms with Crippen molar-refractivity contribution in [1.82, 2.24) is 9.97 Å². The van der Waals surface area contributed by atoms with Crippen molar-refractivity contribution in [3.63, 3.8) is 0 Å². The molecule has 0 saturated heterocycles. The minimum absolute atomic E-state index is 0.148. The van der Waals surface area contributed by atoms with Gasteiger partial charge in [-0.1, -0.05) is 12.1 Å². The van der Waals surface area contributed by atoms with Crippen LogP contribution in [0.25, 0.3) is 11.3 Å². The summed E-state index contributed by atoms with van der Waals surface area (Å²) in [6, 6.07) is 7.86. The topological polar surface area (TPSA) is 55.0 Å². The Morgan fingerprint density at radius 1 is 1.05 bits per heavy atom. The number of nitrogens with two attached hydrogens (primary N) is 1. The van der Waals surface area contributed by atoms with Gasteiger partial charge < -0.3 is 10.6 Å². The Morgan fingerprint density at radius 2 is 1.65 bits per heavy atom. The Kier molecular flexibility index (Phi) is 3.52. The highest BCUT2D eigenvalue weighted by Gasteiger charge is 2.33. The molecule has 0 amide bonds. The minimum atomic E-state index is -4.55. The van der Waals surface area contributed by atoms with Crippen LogP contribution in [0.4, 0.5) is 24.8 Å². The van der Waals surface area contributed by atoms with Gasteiger partial charge in [0.15, 0.2) is 5.69 Å². The lowest BCUT2D eigenvalue weighted by Gasteiger charge is -2.13. The van der Waals surface area contributed by atoms with Gasteiger partial charge in [-0.15, -0.1) is 0 Å². The number of anilines is 2. The molecule has 1 aromatic carbocycles. The molecule has 106 valence electrons. The number of alkyl halides is 3. The van der Waals surface area contributed by atoms with Gasteiger partial charge in [-0.2, -0.15) is 13.2 Å². The van der Waals surface area contributed by atoms with Gasteiger partial charge in [-0.05, 0) is 18.2 Å². The number of aromatic nitrogens is 2. The predicted octanol–water partition coefficient (Wildman–Crippen LogP) is 2.81. The van der Waals surface area contributed by atoms with Crippen molar-refractivity contribution in [2.45, 2.75) is 6.18 Å². The summed E-state index contributed by atoms with van der Waals surface area (Å²) in [5, 5.41) is 0. The maximum atomic E-state index is 12.7. The number of nitrogens with zero attached hydrogens (tertiary/aromatic N) is 3. The fourth-order valence-electron chi connectivity index (χ4n) is 1.69. The van der Waals surface area contributed by atoms with E-state index in [1.165, 1.54) is 0 Å². The second kappa shape index (κ2) is 4.99. The second-order valence-electron chi connectivity index (χ2n) is 4.44. The number of benzene rings is 1. The number of nitrogen functional groups attached to an aromatic ring is 1. The van der Waals surface area contributed by atoms with E-state index >= 15 is 0 Å². The van der Waals surface area contributed by atoms with Gasteiger partial charge in [-0.3, -0.25) is 0 Å². The van der Waals surface area contributed by atoms with E-state index in [0.29, 0.717) is 5.56 Å². The maximum Gasteiger partial charge on any atom is 0.433 e. The number of hydrogen-bond acceptors (Lipinski definition) is 4. The van der Waals surface area contributed by atoms with Gasteiger partial charge in [0.2, 0.25) is 5.95 Å². The van der Waals surface area contributed by atoms with Crippen LogP contribution in [0.1, 0.15) is 5.69 Å². The number of rotatable bonds is 2. The molecule has 0 aliphatic rings. The average Bonchev–Trinajstić information content (AvgIpc) is 2.37. The zero-order valence-electron chi connectivity index (χ0n) is 10.9. The Balaban J connectivity index is 2.44. The molecule has 0 fully saturated rings. The van der Waals surface area contributed by atoms with E-state index < -0.39 is 17.8 Å². The van der Waals surface area contributed by atoms with E-state index in [0.717, 1.165) is 11.8 Å². The largest absolute Gasteiger partial charge is 0.433 e. The van der Waals surface area contributed by atoms with Gasteiger partial charge >= 0.3 is 6.18 Å². The molecule has 2 aromatic rings. The van der Waals surface area contributed by atoms with E-state index in [4.69, 9.17) is 5.73 Å². The molecule has 0 atom stereocenters. The van der Waals surface area contributed by atoms with Crippen LogP contribution in [-0.2, 0) is 6.18 Å². The smallest absolute Gasteiger partial charge is 0.378 e. The summed E-state index contributed by atoms with van der Waals surface area (Å²) in [5.74, 6) is -0.397. The molecule has 0 unspecified atom stereocenters. The summed E-state index contributed by atoms with van der Waals surface area (Å²) < 4.78 is 38.0. The quantitative estimate of drug-likeness (QED) is 0.920. The summed E-state index contributed by atoms with van der Waals surface area (Å²) in [5.41, 5.74) is 5.93. The fraction of sp³-hybridized carbons (Fsp3) is 0.231. The van der Waals surface area contributed by atoms with Crippen molar-refractivity contribution in [3.8, 4) is 11.3 Å². The Bertz CT molecular complexity index is 606. The van der Waals surface area contributed by atoms with Crippen LogP contribution >= 0.6 is 0 Å². The van der Waals surface area contributed by atoms with E-state index in [2.05, 4.69) is 9.97 Å². The molecule has 0 spiro atoms. The van der Waals surface area contributed by atoms with Crippen LogP contribution in [0, 0.1) is 0 Å². The van der Waals surface area contributed by atoms with Gasteiger partial charge in [0.1, 0.15) is 0 Å². The molecular weight excluding hydrogens is 269 g/mol. The first-order valence-electron chi connectivity index (χ1n) is 5.77. The predicted molar refractivity (Wildman–Crippen MR) is 71.2 cm³/mol. The molecule has 7 heteroatoms. The standard InChI is InChI=1S/C13H13F3N4/c1-20(2)9-5-3-8(4-6-9)10-7-11(13(14,15)16)19-12(17)18-10/h3-7H,1-2H3,(H2,17,18,19). The molecular formula is C13H13F3N4. The van der Waals surface area contributed by atoms with Crippen molar-refractivity contribution in [1.29, 1.82) is 0 Å². The van der Waals surface area contributed by atoms with Gasteiger partial charge in [-0.25, -0.2) is 9.97 Å². The van der Waals surface area contributed by atoms with Crippen molar-refractivity contribution in [3.05, 3.63) is 36.0 Å². The van der Waals surface area contributed by atoms with Gasteiger partial charge in [0.25, 0.3) is 0 Å². The lowest BCUT2D eigenvalue weighted by molar-refractivity contribution is -0.141. The highest BCUT2D eigenvalue weighted by molar-refractivity contribution is 5.64. The molecule has 0 aliphatic heterocycles. The normalized spacial score (nSPS) is 11.4. The van der Waals surface area contributed by atoms with Gasteiger partial charge in [0.05, 0.1) is 5.69 Å². The highest BCUT2D eigenvalue weighted by atomic mass is 19.4. The molecule has 2 rings (SSSR count). The van der Waals surface area contributed by atoms with Crippen LogP contribution in [0.15, 0.2) is 30.3 Å². The van der Waals surface area contributed by atoms with E-state index in [9.17, 15) is 13.2 Å². The molecule has 1 aromatic heterocycles. The SMILES string of the molecule is CN(C)c1ccc(-c2cc(C(F)(F)F)nc(N)n2)cc1. The van der Waals surface area contributed by atoms with Crippen LogP contribution in [0.3, 0.4) is 0 Å². The van der Waals surface area contributed by atoms with Crippen molar-refractivity contribution in [2.75, 3.05) is 24.7 Å². The van der Waals surface area contributed by atoms with Crippen LogP contribution < -0.4 is 10.6 Å². The molecule has 1 heterocycles. The lowest BCUT2D eigenvalue weighted by atomic mass is 10.1. The van der Waals surface area contributed by atoms with Crippen LogP contribution in [0.2, 0.25) is 0 Å². The number of hydrogen-bond donors (Lipinski definition) is 1. The fourth-order valence-corrected chi connectivity index (χ4v) is 1.69. The summed E-state index contributed by atoms with van der Waals surface area (Å²) in [7, 11) is 3.75. The first-order chi connectivity index (χ1) is 9.27. The zero-order chi connectivity index (χ0) is 14.9. The Morgan fingerprint density at radius 3 is 2.15 bits per heavy atom. The van der Waals surface area contributed by atoms with Crippen LogP contribution in [-0.4, -0.2) is 24.1 Å². The van der Waals surface area contributed by atoms with E-state index in [-0.39, 0.29) is 5.69 Å². The first-order valence-corrected chi connectivity index (χ1v) is 5.77. The summed E-state index contributed by atoms with van der Waals surface area (Å²) >= 11 is 0. The third kappa shape index (κ3) is 2.98. The molecule has 0 saturated carbocycles. The van der Waals surface area contributed by atoms with Crippen LogP contribution in [0.5, 0.6) is 0 Å². The molecule has 2 N–H and O–H groups in total. The maximum absolute atomic E-state index is 12.7. The monoisotopic (exact) mass is 282 g/mol. The van der Waals surface area contributed by atoms with E-state index in [1.807, 2.05) is 19.0 Å². The molecule has 20 heavy (non-hydrogen) atoms. The zero-order valence-corrected chi connectivity index (χ0v) is 10.9. The van der Waals surface area contributed by atoms with Crippen molar-refractivity contribution in [2.24, 2.45) is 0 Å². The van der Waals surface area contributed by atoms with Gasteiger partial charge in [0, 0.05) is 25.3 Å². The average molecular weight is 282 g/mol. The lowest BCUT2D eigenvalue weighted by Crippen LogP contribution is -2.11. The highest BCUT2D eigenvalue weighted by Crippen LogP contribution is 2.31. The molecule has 0 bridgehead atoms. The molecule has 4 nitrogen and oxygen atoms in total. The molecule has 0 radical (unpaired) electrons. The Hall–Kier alpha value is -2.31. The second-order valence-corrected chi connectivity index (χ2v) is 4.44. The minimum Gasteiger partial charge on any atom is -0.378 e. The van der Waals surface area contributed by atoms with Crippen molar-refractivity contribution >= 4 is 11.6 Å². The summed E-state index contributed by atoms with van der Waals surface area (Å²) in [4.78, 5) is 8.94. The number of halogens is 3.